The fourth-order valence-electron chi connectivity index (χ4n) is 2.00. The van der Waals surface area contributed by atoms with E-state index < -0.39 is 79.0 Å². The van der Waals surface area contributed by atoms with E-state index in [1.54, 1.807) is 13.8 Å². The number of hydrogen-bond donors (Lipinski definition) is 7. The van der Waals surface area contributed by atoms with Crippen LogP contribution in [0.15, 0.2) is 0 Å². The number of amides is 4. The molecule has 0 saturated heterocycles. The van der Waals surface area contributed by atoms with E-state index in [-0.39, 0.29) is 0 Å². The number of primary amides is 1. The van der Waals surface area contributed by atoms with Gasteiger partial charge in [0, 0.05) is 0 Å². The lowest BCUT2D eigenvalue weighted by Crippen LogP contribution is -2.55. The second kappa shape index (κ2) is 11.5. The van der Waals surface area contributed by atoms with E-state index in [4.69, 9.17) is 21.7 Å². The van der Waals surface area contributed by atoms with Crippen LogP contribution in [-0.2, 0) is 28.8 Å². The Morgan fingerprint density at radius 3 is 1.93 bits per heavy atom. The lowest BCUT2D eigenvalue weighted by Gasteiger charge is -2.20. The monoisotopic (exact) mass is 403 g/mol. The van der Waals surface area contributed by atoms with Gasteiger partial charge in [-0.2, -0.15) is 0 Å². The molecule has 3 unspecified atom stereocenters. The molecular formula is C15H25N5O8. The molecule has 0 aromatic carbocycles. The zero-order valence-corrected chi connectivity index (χ0v) is 15.4. The van der Waals surface area contributed by atoms with Gasteiger partial charge in [0.25, 0.3) is 0 Å². The van der Waals surface area contributed by atoms with E-state index in [1.165, 1.54) is 0 Å². The number of rotatable bonds is 12. The third-order valence-corrected chi connectivity index (χ3v) is 3.44. The van der Waals surface area contributed by atoms with Crippen molar-refractivity contribution in [1.82, 2.24) is 16.0 Å². The molecule has 0 fully saturated rings. The predicted octanol–water partition coefficient (Wildman–Crippen LogP) is -3.51. The summed E-state index contributed by atoms with van der Waals surface area (Å²) in [6.07, 6.45) is -1.33. The number of carbonyl (C=O) groups excluding carboxylic acids is 4. The van der Waals surface area contributed by atoms with E-state index in [1.807, 2.05) is 0 Å². The van der Waals surface area contributed by atoms with Crippen molar-refractivity contribution in [2.75, 3.05) is 6.54 Å². The van der Waals surface area contributed by atoms with Gasteiger partial charge in [0.2, 0.25) is 23.6 Å². The minimum absolute atomic E-state index is 0.408. The Bertz CT molecular complexity index is 636. The molecule has 0 aliphatic rings. The van der Waals surface area contributed by atoms with Crippen molar-refractivity contribution in [2.45, 2.75) is 44.8 Å². The summed E-state index contributed by atoms with van der Waals surface area (Å²) in [4.78, 5) is 68.5. The molecule has 13 heteroatoms. The van der Waals surface area contributed by atoms with Gasteiger partial charge in [-0.25, -0.2) is 4.79 Å². The van der Waals surface area contributed by atoms with Crippen LogP contribution in [0.2, 0.25) is 0 Å². The Labute approximate surface area is 160 Å². The Morgan fingerprint density at radius 1 is 0.929 bits per heavy atom. The van der Waals surface area contributed by atoms with Gasteiger partial charge >= 0.3 is 11.9 Å². The molecule has 0 bridgehead atoms. The second-order valence-corrected chi connectivity index (χ2v) is 6.28. The maximum absolute atomic E-state index is 12.1. The number of hydrogen-bond acceptors (Lipinski definition) is 7. The van der Waals surface area contributed by atoms with Crippen LogP contribution in [0.1, 0.15) is 26.7 Å². The van der Waals surface area contributed by atoms with Crippen molar-refractivity contribution in [3.63, 3.8) is 0 Å². The first kappa shape index (κ1) is 24.8. The van der Waals surface area contributed by atoms with E-state index >= 15 is 0 Å². The first-order valence-electron chi connectivity index (χ1n) is 8.21. The highest BCUT2D eigenvalue weighted by Crippen LogP contribution is 2.01. The van der Waals surface area contributed by atoms with Crippen molar-refractivity contribution in [3.05, 3.63) is 0 Å². The summed E-state index contributed by atoms with van der Waals surface area (Å²) in [7, 11) is 0. The van der Waals surface area contributed by atoms with Crippen LogP contribution in [0.25, 0.3) is 0 Å². The highest BCUT2D eigenvalue weighted by molar-refractivity contribution is 5.95. The molecule has 0 rings (SSSR count). The van der Waals surface area contributed by atoms with Crippen LogP contribution >= 0.6 is 0 Å². The highest BCUT2D eigenvalue weighted by Gasteiger charge is 2.27. The number of nitrogens with one attached hydrogen (secondary N) is 3. The first-order chi connectivity index (χ1) is 12.8. The van der Waals surface area contributed by atoms with Crippen molar-refractivity contribution in [1.29, 1.82) is 0 Å². The molecule has 3 atom stereocenters. The minimum atomic E-state index is -1.49. The van der Waals surface area contributed by atoms with Crippen LogP contribution in [0.3, 0.4) is 0 Å². The average molecular weight is 403 g/mol. The maximum atomic E-state index is 12.1. The Balaban J connectivity index is 4.87. The van der Waals surface area contributed by atoms with Crippen molar-refractivity contribution >= 4 is 35.6 Å². The number of carbonyl (C=O) groups is 6. The molecule has 28 heavy (non-hydrogen) atoms. The van der Waals surface area contributed by atoms with Crippen molar-refractivity contribution in [2.24, 2.45) is 17.4 Å². The van der Waals surface area contributed by atoms with Gasteiger partial charge in [-0.3, -0.25) is 24.0 Å². The molecule has 0 aromatic rings. The molecule has 0 aromatic heterocycles. The van der Waals surface area contributed by atoms with Crippen LogP contribution in [0, 0.1) is 5.92 Å². The zero-order valence-electron chi connectivity index (χ0n) is 15.4. The Kier molecular flexibility index (Phi) is 10.2. The lowest BCUT2D eigenvalue weighted by molar-refractivity contribution is -0.143. The van der Waals surface area contributed by atoms with Crippen LogP contribution in [0.4, 0.5) is 0 Å². The summed E-state index contributed by atoms with van der Waals surface area (Å²) in [6, 6.07) is -4.12. The molecule has 0 saturated carbocycles. The molecule has 0 aliphatic carbocycles. The third kappa shape index (κ3) is 9.47. The largest absolute Gasteiger partial charge is 0.481 e. The molecule has 0 aliphatic heterocycles. The number of carboxylic acids is 2. The molecule has 158 valence electrons. The number of carboxylic acid groups (broad SMARTS) is 2. The topological polar surface area (TPSA) is 231 Å². The molecule has 0 radical (unpaired) electrons. The summed E-state index contributed by atoms with van der Waals surface area (Å²) < 4.78 is 0. The van der Waals surface area contributed by atoms with E-state index in [9.17, 15) is 28.8 Å². The Morgan fingerprint density at radius 2 is 1.50 bits per heavy atom. The van der Waals surface area contributed by atoms with Crippen LogP contribution in [0.5, 0.6) is 0 Å². The number of nitrogens with two attached hydrogens (primary N) is 2. The molecule has 9 N–H and O–H groups in total. The molecule has 0 heterocycles. The summed E-state index contributed by atoms with van der Waals surface area (Å²) in [6.45, 7) is 2.54. The fraction of sp³-hybridized carbons (Fsp3) is 0.600. The van der Waals surface area contributed by atoms with Gasteiger partial charge in [0.05, 0.1) is 25.4 Å². The molecule has 13 nitrogen and oxygen atoms in total. The SMILES string of the molecule is CC(C)C(NC(=O)CNC(=O)C(CC(N)=O)NC(=O)C(N)CC(=O)O)C(=O)O. The molecule has 4 amide bonds. The smallest absolute Gasteiger partial charge is 0.326 e. The van der Waals surface area contributed by atoms with Crippen molar-refractivity contribution in [3.8, 4) is 0 Å². The van der Waals surface area contributed by atoms with E-state index in [0.717, 1.165) is 0 Å². The zero-order chi connectivity index (χ0) is 22.0. The molecule has 0 spiro atoms. The lowest BCUT2D eigenvalue weighted by atomic mass is 10.0. The van der Waals surface area contributed by atoms with Crippen LogP contribution < -0.4 is 27.4 Å². The second-order valence-electron chi connectivity index (χ2n) is 6.28. The summed E-state index contributed by atoms with van der Waals surface area (Å²) >= 11 is 0. The fourth-order valence-corrected chi connectivity index (χ4v) is 2.00. The third-order valence-electron chi connectivity index (χ3n) is 3.44. The highest BCUT2D eigenvalue weighted by atomic mass is 16.4. The van der Waals surface area contributed by atoms with Gasteiger partial charge < -0.3 is 37.6 Å². The van der Waals surface area contributed by atoms with E-state index in [0.29, 0.717) is 0 Å². The van der Waals surface area contributed by atoms with Gasteiger partial charge in [0.1, 0.15) is 12.1 Å². The van der Waals surface area contributed by atoms with Crippen molar-refractivity contribution < 1.29 is 39.0 Å². The van der Waals surface area contributed by atoms with Gasteiger partial charge in [-0.1, -0.05) is 13.8 Å². The quantitative estimate of drug-likeness (QED) is 0.171. The maximum Gasteiger partial charge on any atom is 0.326 e. The summed E-state index contributed by atoms with van der Waals surface area (Å²) in [5.41, 5.74) is 10.4. The van der Waals surface area contributed by atoms with Gasteiger partial charge in [-0.05, 0) is 5.92 Å². The number of aliphatic carboxylic acids is 2. The van der Waals surface area contributed by atoms with E-state index in [2.05, 4.69) is 16.0 Å². The first-order valence-corrected chi connectivity index (χ1v) is 8.21. The predicted molar refractivity (Wildman–Crippen MR) is 93.4 cm³/mol. The minimum Gasteiger partial charge on any atom is -0.481 e. The van der Waals surface area contributed by atoms with Crippen LogP contribution in [-0.4, -0.2) is 70.5 Å². The average Bonchev–Trinajstić information content (AvgIpc) is 2.55. The summed E-state index contributed by atoms with van der Waals surface area (Å²) in [5, 5.41) is 24.1. The Hall–Kier alpha value is -3.22. The van der Waals surface area contributed by atoms with Gasteiger partial charge in [0.15, 0.2) is 0 Å². The standard InChI is InChI=1S/C15H25N5O8/c1-6(2)12(15(27)28)20-10(22)5-18-14(26)8(4-9(17)21)19-13(25)7(16)3-11(23)24/h6-8,12H,3-5,16H2,1-2H3,(H2,17,21)(H,18,26)(H,19,25)(H,20,22)(H,23,24)(H,27,28). The molecular weight excluding hydrogens is 378 g/mol. The van der Waals surface area contributed by atoms with Gasteiger partial charge in [-0.15, -0.1) is 0 Å². The normalized spacial score (nSPS) is 13.7. The summed E-state index contributed by atoms with van der Waals surface area (Å²) in [5.74, 6) is -6.70.